The number of hydrogen-bond acceptors (Lipinski definition) is 2. The normalized spacial score (nSPS) is 10.7. The smallest absolute Gasteiger partial charge is 0.321 e. The van der Waals surface area contributed by atoms with Crippen molar-refractivity contribution >= 4 is 11.7 Å². The molecule has 1 heterocycles. The maximum atomic E-state index is 13.6. The molecule has 0 aliphatic carbocycles. The van der Waals surface area contributed by atoms with Crippen molar-refractivity contribution in [3.63, 3.8) is 0 Å². The van der Waals surface area contributed by atoms with E-state index in [4.69, 9.17) is 0 Å². The number of rotatable bonds is 8. The van der Waals surface area contributed by atoms with Crippen LogP contribution in [0.3, 0.4) is 0 Å². The fraction of sp³-hybridized carbons (Fsp3) is 0.273. The van der Waals surface area contributed by atoms with Gasteiger partial charge in [-0.2, -0.15) is 5.10 Å². The first-order chi connectivity index (χ1) is 14.0. The van der Waals surface area contributed by atoms with Crippen molar-refractivity contribution in [2.45, 2.75) is 25.7 Å². The van der Waals surface area contributed by atoms with Crippen LogP contribution in [0.25, 0.3) is 11.3 Å². The molecule has 1 aromatic heterocycles. The Bertz CT molecular complexity index is 940. The number of aryl methyl sites for hydroxylation is 1. The fourth-order valence-corrected chi connectivity index (χ4v) is 2.97. The van der Waals surface area contributed by atoms with E-state index >= 15 is 0 Å². The number of carbonyl (C=O) groups is 1. The molecule has 0 bridgehead atoms. The van der Waals surface area contributed by atoms with Gasteiger partial charge in [0, 0.05) is 24.8 Å². The van der Waals surface area contributed by atoms with E-state index in [0.717, 1.165) is 42.6 Å². The molecular weight excluding hydrogens is 374 g/mol. The van der Waals surface area contributed by atoms with Crippen LogP contribution < -0.4 is 5.32 Å². The maximum Gasteiger partial charge on any atom is 0.321 e. The average molecular weight is 398 g/mol. The molecule has 7 heteroatoms. The largest absolute Gasteiger partial charge is 0.328 e. The minimum Gasteiger partial charge on any atom is -0.328 e. The van der Waals surface area contributed by atoms with Gasteiger partial charge in [0.1, 0.15) is 11.6 Å². The van der Waals surface area contributed by atoms with Crippen LogP contribution in [0.15, 0.2) is 54.6 Å². The van der Waals surface area contributed by atoms with Crippen LogP contribution >= 0.6 is 0 Å². The summed E-state index contributed by atoms with van der Waals surface area (Å²) in [6, 6.07) is 14.0. The Morgan fingerprint density at radius 1 is 1.07 bits per heavy atom. The van der Waals surface area contributed by atoms with E-state index in [1.54, 1.807) is 36.2 Å². The third-order valence-electron chi connectivity index (χ3n) is 4.67. The number of aromatic amines is 1. The zero-order valence-corrected chi connectivity index (χ0v) is 16.3. The number of hydrogen-bond donors (Lipinski definition) is 2. The van der Waals surface area contributed by atoms with Crippen molar-refractivity contribution in [3.8, 4) is 11.3 Å². The standard InChI is InChI=1S/C22H24F2N4O/c1-28(22(29)25-20-9-5-4-8-19(20)24)14-6-2-3-7-18-15-21(27-26-18)16-10-12-17(23)13-11-16/h4-5,8-13,15H,2-3,6-7,14H2,1H3,(H,25,29)(H,26,27). The van der Waals surface area contributed by atoms with E-state index in [0.29, 0.717) is 6.54 Å². The van der Waals surface area contributed by atoms with Crippen LogP contribution in [-0.4, -0.2) is 34.7 Å². The lowest BCUT2D eigenvalue weighted by atomic mass is 10.1. The number of halogens is 2. The second-order valence-corrected chi connectivity index (χ2v) is 6.93. The summed E-state index contributed by atoms with van der Waals surface area (Å²) < 4.78 is 26.6. The molecule has 2 aromatic carbocycles. The van der Waals surface area contributed by atoms with Gasteiger partial charge < -0.3 is 10.2 Å². The molecule has 5 nitrogen and oxygen atoms in total. The molecule has 0 aliphatic heterocycles. The number of unbranched alkanes of at least 4 members (excludes halogenated alkanes) is 2. The third kappa shape index (κ3) is 5.88. The van der Waals surface area contributed by atoms with E-state index in [1.165, 1.54) is 24.3 Å². The predicted molar refractivity (Wildman–Crippen MR) is 110 cm³/mol. The topological polar surface area (TPSA) is 61.0 Å². The van der Waals surface area contributed by atoms with E-state index in [-0.39, 0.29) is 17.5 Å². The van der Waals surface area contributed by atoms with Gasteiger partial charge >= 0.3 is 6.03 Å². The Labute approximate surface area is 168 Å². The molecule has 3 rings (SSSR count). The summed E-state index contributed by atoms with van der Waals surface area (Å²) in [6.07, 6.45) is 3.59. The highest BCUT2D eigenvalue weighted by molar-refractivity contribution is 5.89. The van der Waals surface area contributed by atoms with Gasteiger partial charge in [-0.1, -0.05) is 18.6 Å². The van der Waals surface area contributed by atoms with Gasteiger partial charge in [-0.15, -0.1) is 0 Å². The van der Waals surface area contributed by atoms with Gasteiger partial charge in [0.05, 0.1) is 11.4 Å². The molecule has 3 aromatic rings. The average Bonchev–Trinajstić information content (AvgIpc) is 3.18. The zero-order valence-electron chi connectivity index (χ0n) is 16.3. The van der Waals surface area contributed by atoms with E-state index < -0.39 is 5.82 Å². The molecule has 0 saturated carbocycles. The number of anilines is 1. The monoisotopic (exact) mass is 398 g/mol. The number of carbonyl (C=O) groups excluding carboxylic acids is 1. The van der Waals surface area contributed by atoms with Gasteiger partial charge in [-0.3, -0.25) is 5.10 Å². The number of aromatic nitrogens is 2. The molecule has 0 atom stereocenters. The van der Waals surface area contributed by atoms with Gasteiger partial charge in [0.25, 0.3) is 0 Å². The molecule has 0 saturated heterocycles. The predicted octanol–water partition coefficient (Wildman–Crippen LogP) is 5.23. The van der Waals surface area contributed by atoms with Gasteiger partial charge in [0.15, 0.2) is 0 Å². The van der Waals surface area contributed by atoms with Crippen LogP contribution in [0.4, 0.5) is 19.3 Å². The molecule has 0 spiro atoms. The second-order valence-electron chi connectivity index (χ2n) is 6.93. The molecule has 0 radical (unpaired) electrons. The zero-order chi connectivity index (χ0) is 20.6. The highest BCUT2D eigenvalue weighted by atomic mass is 19.1. The first-order valence-electron chi connectivity index (χ1n) is 9.60. The van der Waals surface area contributed by atoms with Crippen LogP contribution in [0.2, 0.25) is 0 Å². The second kappa shape index (κ2) is 9.82. The van der Waals surface area contributed by atoms with Crippen molar-refractivity contribution in [2.24, 2.45) is 0 Å². The van der Waals surface area contributed by atoms with Gasteiger partial charge in [-0.05, 0) is 61.7 Å². The van der Waals surface area contributed by atoms with Crippen LogP contribution in [-0.2, 0) is 6.42 Å². The highest BCUT2D eigenvalue weighted by Gasteiger charge is 2.11. The lowest BCUT2D eigenvalue weighted by molar-refractivity contribution is 0.221. The molecule has 29 heavy (non-hydrogen) atoms. The number of para-hydroxylation sites is 1. The lowest BCUT2D eigenvalue weighted by Crippen LogP contribution is -2.32. The summed E-state index contributed by atoms with van der Waals surface area (Å²) in [5.41, 5.74) is 2.87. The van der Waals surface area contributed by atoms with E-state index in [9.17, 15) is 13.6 Å². The van der Waals surface area contributed by atoms with Gasteiger partial charge in [-0.25, -0.2) is 13.6 Å². The molecule has 0 fully saturated rings. The summed E-state index contributed by atoms with van der Waals surface area (Å²) in [5.74, 6) is -0.717. The molecule has 2 N–H and O–H groups in total. The number of nitrogens with zero attached hydrogens (tertiary/aromatic N) is 2. The Kier molecular flexibility index (Phi) is 6.94. The van der Waals surface area contributed by atoms with Crippen molar-refractivity contribution in [1.82, 2.24) is 15.1 Å². The number of H-pyrrole nitrogens is 1. The quantitative estimate of drug-likeness (QED) is 0.510. The van der Waals surface area contributed by atoms with Crippen molar-refractivity contribution in [3.05, 3.63) is 71.9 Å². The van der Waals surface area contributed by atoms with Crippen LogP contribution in [0, 0.1) is 11.6 Å². The van der Waals surface area contributed by atoms with Crippen molar-refractivity contribution < 1.29 is 13.6 Å². The minimum absolute atomic E-state index is 0.181. The van der Waals surface area contributed by atoms with E-state index in [1.807, 2.05) is 6.07 Å². The molecule has 0 aliphatic rings. The van der Waals surface area contributed by atoms with Gasteiger partial charge in [0.2, 0.25) is 0 Å². The Morgan fingerprint density at radius 2 is 1.83 bits per heavy atom. The number of nitrogens with one attached hydrogen (secondary N) is 2. The summed E-state index contributed by atoms with van der Waals surface area (Å²) in [7, 11) is 1.69. The molecular formula is C22H24F2N4O. The Balaban J connectivity index is 1.37. The fourth-order valence-electron chi connectivity index (χ4n) is 2.97. The van der Waals surface area contributed by atoms with Crippen LogP contribution in [0.5, 0.6) is 0 Å². The van der Waals surface area contributed by atoms with Crippen molar-refractivity contribution in [1.29, 1.82) is 0 Å². The maximum absolute atomic E-state index is 13.6. The number of benzene rings is 2. The number of urea groups is 1. The first kappa shape index (κ1) is 20.5. The molecule has 2 amide bonds. The van der Waals surface area contributed by atoms with E-state index in [2.05, 4.69) is 15.5 Å². The minimum atomic E-state index is -0.450. The highest BCUT2D eigenvalue weighted by Crippen LogP contribution is 2.19. The molecule has 0 unspecified atom stereocenters. The Hall–Kier alpha value is -3.22. The number of amides is 2. The van der Waals surface area contributed by atoms with Crippen molar-refractivity contribution in [2.75, 3.05) is 18.9 Å². The molecule has 152 valence electrons. The Morgan fingerprint density at radius 3 is 2.59 bits per heavy atom. The lowest BCUT2D eigenvalue weighted by Gasteiger charge is -2.18. The summed E-state index contributed by atoms with van der Waals surface area (Å²) in [5, 5.41) is 9.86. The summed E-state index contributed by atoms with van der Waals surface area (Å²) >= 11 is 0. The summed E-state index contributed by atoms with van der Waals surface area (Å²) in [6.45, 7) is 0.587. The SMILES string of the molecule is CN(CCCCCc1cc(-c2ccc(F)cc2)n[nH]1)C(=O)Nc1ccccc1F. The third-order valence-corrected chi connectivity index (χ3v) is 4.67. The summed E-state index contributed by atoms with van der Waals surface area (Å²) in [4.78, 5) is 13.7. The first-order valence-corrected chi connectivity index (χ1v) is 9.60. The van der Waals surface area contributed by atoms with Crippen LogP contribution in [0.1, 0.15) is 25.0 Å².